The highest BCUT2D eigenvalue weighted by atomic mass is 79.9. The van der Waals surface area contributed by atoms with Crippen molar-refractivity contribution in [2.75, 3.05) is 5.32 Å². The van der Waals surface area contributed by atoms with E-state index in [1.807, 2.05) is 0 Å². The summed E-state index contributed by atoms with van der Waals surface area (Å²) in [5.41, 5.74) is 1.87. The third-order valence-corrected chi connectivity index (χ3v) is 7.55. The number of amides is 1. The van der Waals surface area contributed by atoms with Crippen molar-refractivity contribution in [2.45, 2.75) is 13.0 Å². The summed E-state index contributed by atoms with van der Waals surface area (Å²) in [6.07, 6.45) is -1.30. The number of nitro groups is 1. The van der Waals surface area contributed by atoms with Crippen molar-refractivity contribution >= 4 is 60.7 Å². The maximum atomic E-state index is 13.4. The first kappa shape index (κ1) is 26.2. The Morgan fingerprint density at radius 1 is 1.10 bits per heavy atom. The van der Waals surface area contributed by atoms with Gasteiger partial charge in [-0.25, -0.2) is 13.9 Å². The maximum Gasteiger partial charge on any atom is 0.349 e. The quantitative estimate of drug-likeness (QED) is 0.124. The number of fused-ring (bicyclic) bond motifs is 1. The number of nitrogens with one attached hydrogen (secondary N) is 1. The van der Waals surface area contributed by atoms with Crippen LogP contribution in [0.4, 0.5) is 15.8 Å². The van der Waals surface area contributed by atoms with E-state index in [9.17, 15) is 24.1 Å². The van der Waals surface area contributed by atoms with Gasteiger partial charge in [0.25, 0.3) is 11.6 Å². The van der Waals surface area contributed by atoms with Crippen molar-refractivity contribution in [1.29, 1.82) is 0 Å². The van der Waals surface area contributed by atoms with E-state index in [1.54, 1.807) is 60.1 Å². The number of ether oxygens (including phenoxy) is 1. The Labute approximate surface area is 233 Å². The summed E-state index contributed by atoms with van der Waals surface area (Å²) in [5, 5.41) is 18.9. The number of anilines is 1. The Hall–Kier alpha value is -4.42. The molecule has 0 radical (unpaired) electrons. The van der Waals surface area contributed by atoms with Gasteiger partial charge in [-0.1, -0.05) is 30.3 Å². The van der Waals surface area contributed by atoms with E-state index in [4.69, 9.17) is 4.74 Å². The smallest absolute Gasteiger partial charge is 0.349 e. The first-order valence-electron chi connectivity index (χ1n) is 11.5. The van der Waals surface area contributed by atoms with E-state index in [1.165, 1.54) is 30.3 Å². The number of hydrogen-bond acceptors (Lipinski definition) is 7. The number of aryl methyl sites for hydroxylation is 1. The van der Waals surface area contributed by atoms with Crippen molar-refractivity contribution in [3.05, 3.63) is 115 Å². The number of carbonyl (C=O) groups excluding carboxylic acids is 2. The Morgan fingerprint density at radius 2 is 1.82 bits per heavy atom. The van der Waals surface area contributed by atoms with Crippen LogP contribution in [-0.2, 0) is 9.53 Å². The maximum absolute atomic E-state index is 13.4. The zero-order chi connectivity index (χ0) is 27.7. The fourth-order valence-corrected chi connectivity index (χ4v) is 5.42. The molecule has 1 amide bonds. The van der Waals surface area contributed by atoms with E-state index >= 15 is 0 Å². The molecule has 39 heavy (non-hydrogen) atoms. The molecule has 0 saturated carbocycles. The van der Waals surface area contributed by atoms with Crippen LogP contribution in [0.25, 0.3) is 15.9 Å². The molecular formula is C27H18BrFN4O5S. The van der Waals surface area contributed by atoms with Gasteiger partial charge in [-0.3, -0.25) is 14.9 Å². The van der Waals surface area contributed by atoms with Gasteiger partial charge in [0.15, 0.2) is 0 Å². The summed E-state index contributed by atoms with van der Waals surface area (Å²) in [7, 11) is 0. The topological polar surface area (TPSA) is 116 Å². The summed E-state index contributed by atoms with van der Waals surface area (Å²) in [6, 6.07) is 19.9. The van der Waals surface area contributed by atoms with Crippen molar-refractivity contribution in [1.82, 2.24) is 9.78 Å². The van der Waals surface area contributed by atoms with Gasteiger partial charge in [0, 0.05) is 27.6 Å². The van der Waals surface area contributed by atoms with Crippen LogP contribution in [-0.4, -0.2) is 26.6 Å². The molecule has 1 atom stereocenters. The normalized spacial score (nSPS) is 11.8. The first-order chi connectivity index (χ1) is 18.7. The monoisotopic (exact) mass is 608 g/mol. The molecule has 0 bridgehead atoms. The average molecular weight is 609 g/mol. The minimum atomic E-state index is -1.30. The molecular weight excluding hydrogens is 591 g/mol. The molecule has 9 nitrogen and oxygen atoms in total. The van der Waals surface area contributed by atoms with Crippen molar-refractivity contribution in [3.63, 3.8) is 0 Å². The Morgan fingerprint density at radius 3 is 2.49 bits per heavy atom. The number of esters is 1. The number of nitrogens with zero attached hydrogens (tertiary/aromatic N) is 3. The number of carbonyl (C=O) groups is 2. The van der Waals surface area contributed by atoms with Gasteiger partial charge in [0.05, 0.1) is 22.0 Å². The van der Waals surface area contributed by atoms with E-state index in [0.717, 1.165) is 16.7 Å². The van der Waals surface area contributed by atoms with Crippen molar-refractivity contribution in [2.24, 2.45) is 0 Å². The molecule has 0 aliphatic heterocycles. The van der Waals surface area contributed by atoms with Gasteiger partial charge in [0.1, 0.15) is 15.5 Å². The van der Waals surface area contributed by atoms with Gasteiger partial charge in [-0.2, -0.15) is 5.10 Å². The first-order valence-corrected chi connectivity index (χ1v) is 13.1. The molecule has 0 aliphatic carbocycles. The minimum absolute atomic E-state index is 0.148. The molecule has 2 heterocycles. The lowest BCUT2D eigenvalue weighted by atomic mass is 10.1. The SMILES string of the molecule is Cc1nn(-c2ccc(F)cc2)c2sc(C(=O)OC(C(=O)Nc3ccc([N+](=O)[O-])cc3Br)c3ccccc3)cc12. The zero-order valence-corrected chi connectivity index (χ0v) is 22.5. The van der Waals surface area contributed by atoms with E-state index in [0.29, 0.717) is 26.2 Å². The molecule has 12 heteroatoms. The molecule has 196 valence electrons. The van der Waals surface area contributed by atoms with Gasteiger partial charge in [-0.05, 0) is 59.3 Å². The second-order valence-corrected chi connectivity index (χ2v) is 10.3. The van der Waals surface area contributed by atoms with Crippen molar-refractivity contribution in [3.8, 4) is 5.69 Å². The van der Waals surface area contributed by atoms with Crippen molar-refractivity contribution < 1.29 is 23.6 Å². The Balaban J connectivity index is 1.43. The molecule has 0 saturated heterocycles. The van der Waals surface area contributed by atoms with Crippen LogP contribution in [0, 0.1) is 22.9 Å². The van der Waals surface area contributed by atoms with Gasteiger partial charge < -0.3 is 10.1 Å². The number of hydrogen-bond donors (Lipinski definition) is 1. The highest BCUT2D eigenvalue weighted by Crippen LogP contribution is 2.33. The molecule has 5 aromatic rings. The number of nitro benzene ring substituents is 1. The standard InChI is InChI=1S/C27H18BrFN4O5S/c1-15-20-14-23(39-26(20)32(31-15)18-9-7-17(29)8-10-18)27(35)38-24(16-5-3-2-4-6-16)25(34)30-22-12-11-19(33(36)37)13-21(22)28/h2-14,24H,1H3,(H,30,34). The molecule has 1 N–H and O–H groups in total. The predicted molar refractivity (Wildman–Crippen MR) is 148 cm³/mol. The number of non-ortho nitro benzene ring substituents is 1. The summed E-state index contributed by atoms with van der Waals surface area (Å²) in [6.45, 7) is 1.80. The lowest BCUT2D eigenvalue weighted by Gasteiger charge is -2.18. The predicted octanol–water partition coefficient (Wildman–Crippen LogP) is 6.74. The van der Waals surface area contributed by atoms with Crippen LogP contribution in [0.3, 0.4) is 0 Å². The van der Waals surface area contributed by atoms with Crippen LogP contribution in [0.2, 0.25) is 0 Å². The summed E-state index contributed by atoms with van der Waals surface area (Å²) in [5.74, 6) is -1.73. The van der Waals surface area contributed by atoms with Crippen LogP contribution < -0.4 is 5.32 Å². The van der Waals surface area contributed by atoms with Gasteiger partial charge in [-0.15, -0.1) is 11.3 Å². The second kappa shape index (κ2) is 10.8. The largest absolute Gasteiger partial charge is 0.443 e. The van der Waals surface area contributed by atoms with E-state index < -0.39 is 22.9 Å². The third-order valence-electron chi connectivity index (χ3n) is 5.80. The Kier molecular flexibility index (Phi) is 7.22. The second-order valence-electron chi connectivity index (χ2n) is 8.41. The number of benzene rings is 3. The summed E-state index contributed by atoms with van der Waals surface area (Å²) in [4.78, 5) is 38.0. The van der Waals surface area contributed by atoms with E-state index in [-0.39, 0.29) is 22.1 Å². The highest BCUT2D eigenvalue weighted by Gasteiger charge is 2.28. The number of aromatic nitrogens is 2. The average Bonchev–Trinajstić information content (AvgIpc) is 3.50. The fraction of sp³-hybridized carbons (Fsp3) is 0.0741. The van der Waals surface area contributed by atoms with Gasteiger partial charge in [0.2, 0.25) is 6.10 Å². The molecule has 2 aromatic heterocycles. The molecule has 0 aliphatic rings. The number of thiophene rings is 1. The Bertz CT molecular complexity index is 1720. The molecule has 5 rings (SSSR count). The van der Waals surface area contributed by atoms with Crippen LogP contribution in [0.1, 0.15) is 27.0 Å². The third kappa shape index (κ3) is 5.42. The summed E-state index contributed by atoms with van der Waals surface area (Å²) >= 11 is 4.38. The van der Waals surface area contributed by atoms with Gasteiger partial charge >= 0.3 is 5.97 Å². The lowest BCUT2D eigenvalue weighted by molar-refractivity contribution is -0.384. The fourth-order valence-electron chi connectivity index (χ4n) is 3.89. The van der Waals surface area contributed by atoms with Crippen LogP contribution in [0.5, 0.6) is 0 Å². The van der Waals surface area contributed by atoms with E-state index in [2.05, 4.69) is 26.3 Å². The molecule has 0 spiro atoms. The summed E-state index contributed by atoms with van der Waals surface area (Å²) < 4.78 is 21.1. The van der Waals surface area contributed by atoms with Crippen LogP contribution >= 0.6 is 27.3 Å². The van der Waals surface area contributed by atoms with Crippen LogP contribution in [0.15, 0.2) is 83.3 Å². The number of rotatable bonds is 7. The number of halogens is 2. The molecule has 0 fully saturated rings. The minimum Gasteiger partial charge on any atom is -0.443 e. The molecule has 1 unspecified atom stereocenters. The molecule has 3 aromatic carbocycles. The lowest BCUT2D eigenvalue weighted by Crippen LogP contribution is -2.25. The highest BCUT2D eigenvalue weighted by molar-refractivity contribution is 9.10. The zero-order valence-electron chi connectivity index (χ0n) is 20.1.